The number of benzene rings is 1. The zero-order valence-electron chi connectivity index (χ0n) is 12.0. The molecule has 1 aliphatic rings. The van der Waals surface area contributed by atoms with Crippen LogP contribution in [0.15, 0.2) is 53.6 Å². The Balaban J connectivity index is 1.47. The van der Waals surface area contributed by atoms with Crippen LogP contribution in [0.5, 0.6) is 5.75 Å². The van der Waals surface area contributed by atoms with E-state index in [0.717, 1.165) is 25.3 Å². The van der Waals surface area contributed by atoms with Gasteiger partial charge in [0.15, 0.2) is 0 Å². The van der Waals surface area contributed by atoms with Gasteiger partial charge in [0.05, 0.1) is 5.69 Å². The summed E-state index contributed by atoms with van der Waals surface area (Å²) in [4.78, 5) is 8.13. The van der Waals surface area contributed by atoms with E-state index in [2.05, 4.69) is 22.0 Å². The monoisotopic (exact) mass is 300 g/mol. The van der Waals surface area contributed by atoms with Crippen LogP contribution in [0, 0.1) is 0 Å². The maximum atomic E-state index is 9.32. The molecule has 0 amide bonds. The Morgan fingerprint density at radius 2 is 1.86 bits per heavy atom. The lowest BCUT2D eigenvalue weighted by molar-refractivity contribution is 0.222. The van der Waals surface area contributed by atoms with Crippen molar-refractivity contribution in [3.63, 3.8) is 0 Å². The lowest BCUT2D eigenvalue weighted by Crippen LogP contribution is -2.34. The molecule has 0 radical (unpaired) electrons. The van der Waals surface area contributed by atoms with Crippen molar-refractivity contribution in [2.45, 2.75) is 29.5 Å². The van der Waals surface area contributed by atoms with Gasteiger partial charge in [-0.2, -0.15) is 0 Å². The Kier molecular flexibility index (Phi) is 4.78. The standard InChI is InChI=1S/C17H20N2OS/c20-15-4-6-16(7-5-15)21-17-8-11-19(12-9-17)13-14-3-1-2-10-18-14/h1-7,10,17,20H,8-9,11-13H2. The number of nitrogens with zero attached hydrogens (tertiary/aromatic N) is 2. The molecule has 1 aliphatic heterocycles. The van der Waals surface area contributed by atoms with Crippen molar-refractivity contribution in [2.24, 2.45) is 0 Å². The van der Waals surface area contributed by atoms with Gasteiger partial charge >= 0.3 is 0 Å². The highest BCUT2D eigenvalue weighted by Crippen LogP contribution is 2.31. The van der Waals surface area contributed by atoms with Crippen LogP contribution in [0.3, 0.4) is 0 Å². The summed E-state index contributed by atoms with van der Waals surface area (Å²) in [5, 5.41) is 9.99. The average Bonchev–Trinajstić information content (AvgIpc) is 2.53. The van der Waals surface area contributed by atoms with Crippen molar-refractivity contribution in [3.8, 4) is 5.75 Å². The second-order valence-electron chi connectivity index (χ2n) is 5.41. The summed E-state index contributed by atoms with van der Waals surface area (Å²) in [6.07, 6.45) is 4.28. The lowest BCUT2D eigenvalue weighted by atomic mass is 10.1. The third-order valence-corrected chi connectivity index (χ3v) is 5.13. The van der Waals surface area contributed by atoms with E-state index in [9.17, 15) is 5.11 Å². The van der Waals surface area contributed by atoms with E-state index in [-0.39, 0.29) is 0 Å². The maximum absolute atomic E-state index is 9.32. The summed E-state index contributed by atoms with van der Waals surface area (Å²) in [6.45, 7) is 3.22. The molecule has 1 saturated heterocycles. The first kappa shape index (κ1) is 14.4. The average molecular weight is 300 g/mol. The van der Waals surface area contributed by atoms with Gasteiger partial charge in [0.1, 0.15) is 5.75 Å². The van der Waals surface area contributed by atoms with Crippen molar-refractivity contribution in [3.05, 3.63) is 54.4 Å². The van der Waals surface area contributed by atoms with Gasteiger partial charge in [0.2, 0.25) is 0 Å². The number of aromatic hydroxyl groups is 1. The van der Waals surface area contributed by atoms with Crippen molar-refractivity contribution in [1.82, 2.24) is 9.88 Å². The number of hydrogen-bond donors (Lipinski definition) is 1. The molecule has 1 N–H and O–H groups in total. The molecule has 0 bridgehead atoms. The molecular formula is C17H20N2OS. The third-order valence-electron chi connectivity index (χ3n) is 3.79. The van der Waals surface area contributed by atoms with Gasteiger partial charge in [-0.05, 0) is 62.3 Å². The highest BCUT2D eigenvalue weighted by atomic mass is 32.2. The van der Waals surface area contributed by atoms with Crippen LogP contribution in [-0.2, 0) is 6.54 Å². The molecule has 0 atom stereocenters. The zero-order chi connectivity index (χ0) is 14.5. The van der Waals surface area contributed by atoms with Crippen LogP contribution in [-0.4, -0.2) is 33.3 Å². The maximum Gasteiger partial charge on any atom is 0.115 e. The molecular weight excluding hydrogens is 280 g/mol. The molecule has 0 aliphatic carbocycles. The molecule has 0 saturated carbocycles. The zero-order valence-corrected chi connectivity index (χ0v) is 12.8. The molecule has 0 unspecified atom stereocenters. The van der Waals surface area contributed by atoms with Crippen molar-refractivity contribution >= 4 is 11.8 Å². The number of piperidine rings is 1. The Hall–Kier alpha value is -1.52. The molecule has 2 heterocycles. The number of aromatic nitrogens is 1. The highest BCUT2D eigenvalue weighted by Gasteiger charge is 2.20. The smallest absolute Gasteiger partial charge is 0.115 e. The Morgan fingerprint density at radius 3 is 2.52 bits per heavy atom. The predicted molar refractivity (Wildman–Crippen MR) is 86.5 cm³/mol. The molecule has 4 heteroatoms. The van der Waals surface area contributed by atoms with Gasteiger partial charge in [0.25, 0.3) is 0 Å². The highest BCUT2D eigenvalue weighted by molar-refractivity contribution is 8.00. The largest absolute Gasteiger partial charge is 0.508 e. The minimum Gasteiger partial charge on any atom is -0.508 e. The SMILES string of the molecule is Oc1ccc(SC2CCN(Cc3ccccn3)CC2)cc1. The molecule has 1 fully saturated rings. The van der Waals surface area contributed by atoms with Gasteiger partial charge < -0.3 is 5.11 Å². The van der Waals surface area contributed by atoms with Crippen LogP contribution in [0.4, 0.5) is 0 Å². The van der Waals surface area contributed by atoms with Crippen LogP contribution < -0.4 is 0 Å². The normalized spacial score (nSPS) is 17.0. The second-order valence-corrected chi connectivity index (χ2v) is 6.78. The molecule has 0 spiro atoms. The summed E-state index contributed by atoms with van der Waals surface area (Å²) in [7, 11) is 0. The molecule has 110 valence electrons. The first-order valence-electron chi connectivity index (χ1n) is 7.37. The number of pyridine rings is 1. The molecule has 2 aromatic rings. The summed E-state index contributed by atoms with van der Waals surface area (Å²) >= 11 is 1.93. The van der Waals surface area contributed by atoms with E-state index in [0.29, 0.717) is 11.0 Å². The van der Waals surface area contributed by atoms with Gasteiger partial charge in [-0.3, -0.25) is 9.88 Å². The quantitative estimate of drug-likeness (QED) is 0.937. The van der Waals surface area contributed by atoms with E-state index in [1.165, 1.54) is 17.7 Å². The summed E-state index contributed by atoms with van der Waals surface area (Å²) in [5.41, 5.74) is 1.15. The van der Waals surface area contributed by atoms with E-state index in [1.54, 1.807) is 12.1 Å². The molecule has 1 aromatic heterocycles. The molecule has 1 aromatic carbocycles. The van der Waals surface area contributed by atoms with E-state index in [4.69, 9.17) is 0 Å². The van der Waals surface area contributed by atoms with Gasteiger partial charge in [-0.25, -0.2) is 0 Å². The number of phenolic OH excluding ortho intramolecular Hbond substituents is 1. The van der Waals surface area contributed by atoms with E-state index >= 15 is 0 Å². The van der Waals surface area contributed by atoms with Gasteiger partial charge in [0, 0.05) is 22.9 Å². The van der Waals surface area contributed by atoms with Crippen LogP contribution in [0.1, 0.15) is 18.5 Å². The van der Waals surface area contributed by atoms with Gasteiger partial charge in [-0.1, -0.05) is 6.07 Å². The second kappa shape index (κ2) is 6.96. The fraction of sp³-hybridized carbons (Fsp3) is 0.353. The van der Waals surface area contributed by atoms with Crippen molar-refractivity contribution < 1.29 is 5.11 Å². The predicted octanol–water partition coefficient (Wildman–Crippen LogP) is 3.54. The lowest BCUT2D eigenvalue weighted by Gasteiger charge is -2.31. The topological polar surface area (TPSA) is 36.4 Å². The van der Waals surface area contributed by atoms with Crippen LogP contribution in [0.2, 0.25) is 0 Å². The minimum atomic E-state index is 0.338. The minimum absolute atomic E-state index is 0.338. The molecule has 21 heavy (non-hydrogen) atoms. The summed E-state index contributed by atoms with van der Waals surface area (Å²) < 4.78 is 0. The van der Waals surface area contributed by atoms with Crippen LogP contribution >= 0.6 is 11.8 Å². The summed E-state index contributed by atoms with van der Waals surface area (Å²) in [6, 6.07) is 13.6. The number of phenols is 1. The Morgan fingerprint density at radius 1 is 1.10 bits per heavy atom. The number of likely N-dealkylation sites (tertiary alicyclic amines) is 1. The number of hydrogen-bond acceptors (Lipinski definition) is 4. The summed E-state index contributed by atoms with van der Waals surface area (Å²) in [5.74, 6) is 0.338. The number of rotatable bonds is 4. The third kappa shape index (κ3) is 4.22. The van der Waals surface area contributed by atoms with Crippen molar-refractivity contribution in [1.29, 1.82) is 0 Å². The Bertz CT molecular complexity index is 551. The van der Waals surface area contributed by atoms with Crippen LogP contribution in [0.25, 0.3) is 0 Å². The van der Waals surface area contributed by atoms with Crippen molar-refractivity contribution in [2.75, 3.05) is 13.1 Å². The first-order chi connectivity index (χ1) is 10.3. The van der Waals surface area contributed by atoms with E-state index in [1.807, 2.05) is 36.2 Å². The van der Waals surface area contributed by atoms with Gasteiger partial charge in [-0.15, -0.1) is 11.8 Å². The molecule has 3 nitrogen and oxygen atoms in total. The molecule has 3 rings (SSSR count). The fourth-order valence-electron chi connectivity index (χ4n) is 2.62. The fourth-order valence-corrected chi connectivity index (χ4v) is 3.75. The van der Waals surface area contributed by atoms with E-state index < -0.39 is 0 Å². The Labute approximate surface area is 130 Å². The first-order valence-corrected chi connectivity index (χ1v) is 8.25. The number of thioether (sulfide) groups is 1.